The minimum Gasteiger partial charge on any atom is -0.384 e. The van der Waals surface area contributed by atoms with Gasteiger partial charge in [-0.15, -0.1) is 0 Å². The van der Waals surface area contributed by atoms with Gasteiger partial charge in [-0.1, -0.05) is 30.3 Å². The first-order chi connectivity index (χ1) is 13.1. The lowest BCUT2D eigenvalue weighted by Gasteiger charge is -2.17. The maximum absolute atomic E-state index is 14.8. The van der Waals surface area contributed by atoms with E-state index in [2.05, 4.69) is 4.98 Å². The third-order valence-corrected chi connectivity index (χ3v) is 6.32. The number of aromatic nitrogens is 1. The van der Waals surface area contributed by atoms with Gasteiger partial charge in [-0.05, 0) is 48.2 Å². The van der Waals surface area contributed by atoms with E-state index in [4.69, 9.17) is 5.73 Å². The van der Waals surface area contributed by atoms with Gasteiger partial charge in [0.2, 0.25) is 0 Å². The van der Waals surface area contributed by atoms with Crippen LogP contribution >= 0.6 is 0 Å². The number of benzene rings is 2. The van der Waals surface area contributed by atoms with E-state index in [0.29, 0.717) is 22.5 Å². The third-order valence-electron chi connectivity index (χ3n) is 4.75. The van der Waals surface area contributed by atoms with Crippen molar-refractivity contribution in [3.05, 3.63) is 66.6 Å². The molecule has 0 radical (unpaired) electrons. The smallest absolute Gasteiger partial charge is 0.131 e. The zero-order chi connectivity index (χ0) is 18.8. The number of hydrogen-bond donors (Lipinski definition) is 1. The maximum atomic E-state index is 14.8. The largest absolute Gasteiger partial charge is 0.384 e. The van der Waals surface area contributed by atoms with Gasteiger partial charge < -0.3 is 5.73 Å². The Bertz CT molecular complexity index is 985. The van der Waals surface area contributed by atoms with Crippen LogP contribution < -0.4 is 5.73 Å². The van der Waals surface area contributed by atoms with Gasteiger partial charge in [0.1, 0.15) is 22.6 Å². The molecule has 1 saturated heterocycles. The van der Waals surface area contributed by atoms with Gasteiger partial charge in [-0.2, -0.15) is 0 Å². The number of hydrogen-bond acceptors (Lipinski definition) is 3. The predicted octanol–water partition coefficient (Wildman–Crippen LogP) is 4.26. The number of nitrogens with zero attached hydrogens (tertiary/aromatic N) is 2. The fourth-order valence-electron chi connectivity index (χ4n) is 3.33. The maximum Gasteiger partial charge on any atom is 0.131 e. The number of halogens is 1. The van der Waals surface area contributed by atoms with Gasteiger partial charge >= 0.3 is 0 Å². The summed E-state index contributed by atoms with van der Waals surface area (Å²) in [4.78, 5) is 4.75. The highest BCUT2D eigenvalue weighted by Crippen LogP contribution is 2.32. The van der Waals surface area contributed by atoms with E-state index < -0.39 is 11.0 Å². The van der Waals surface area contributed by atoms with Crippen molar-refractivity contribution in [3.63, 3.8) is 0 Å². The van der Waals surface area contributed by atoms with Crippen LogP contribution in [0, 0.1) is 5.82 Å². The molecule has 1 atom stereocenters. The number of nitrogens with two attached hydrogens (primary N) is 1. The lowest BCUT2D eigenvalue weighted by molar-refractivity contribution is 0.536. The molecule has 4 rings (SSSR count). The molecule has 1 aliphatic rings. The topological polar surface area (TPSA) is 59.2 Å². The Labute approximate surface area is 160 Å². The Morgan fingerprint density at radius 3 is 2.41 bits per heavy atom. The molecule has 1 unspecified atom stereocenters. The van der Waals surface area contributed by atoms with Crippen molar-refractivity contribution in [2.45, 2.75) is 17.7 Å². The van der Waals surface area contributed by atoms with Crippen LogP contribution in [0.25, 0.3) is 22.3 Å². The van der Waals surface area contributed by atoms with Crippen LogP contribution in [0.15, 0.2) is 65.7 Å². The summed E-state index contributed by atoms with van der Waals surface area (Å²) < 4.78 is 29.8. The average molecular weight is 381 g/mol. The quantitative estimate of drug-likeness (QED) is 0.735. The fraction of sp³-hybridized carbons (Fsp3) is 0.190. The van der Waals surface area contributed by atoms with Crippen molar-refractivity contribution in [2.75, 3.05) is 18.8 Å². The van der Waals surface area contributed by atoms with Gasteiger partial charge in [0.15, 0.2) is 0 Å². The summed E-state index contributed by atoms with van der Waals surface area (Å²) >= 11 is 0. The van der Waals surface area contributed by atoms with Crippen molar-refractivity contribution in [3.8, 4) is 22.3 Å². The van der Waals surface area contributed by atoms with Crippen LogP contribution in [0.3, 0.4) is 0 Å². The number of rotatable bonds is 4. The van der Waals surface area contributed by atoms with E-state index in [9.17, 15) is 8.60 Å². The molecule has 2 aromatic carbocycles. The Hall–Kier alpha value is -2.57. The fourth-order valence-corrected chi connectivity index (χ4v) is 4.77. The van der Waals surface area contributed by atoms with Crippen LogP contribution in [0.1, 0.15) is 12.8 Å². The van der Waals surface area contributed by atoms with Gasteiger partial charge in [0.25, 0.3) is 0 Å². The van der Waals surface area contributed by atoms with E-state index >= 15 is 0 Å². The van der Waals surface area contributed by atoms with Crippen LogP contribution in [0.4, 0.5) is 10.2 Å². The monoisotopic (exact) mass is 381 g/mol. The molecule has 1 aromatic heterocycles. The second-order valence-corrected chi connectivity index (χ2v) is 8.00. The molecule has 2 N–H and O–H groups in total. The summed E-state index contributed by atoms with van der Waals surface area (Å²) in [5.74, 6) is 0.0509. The highest BCUT2D eigenvalue weighted by molar-refractivity contribution is 7.82. The molecular formula is C21H20FN3OS. The van der Waals surface area contributed by atoms with Crippen molar-refractivity contribution in [1.29, 1.82) is 0 Å². The molecule has 4 nitrogen and oxygen atoms in total. The number of pyridine rings is 1. The van der Waals surface area contributed by atoms with Gasteiger partial charge in [0.05, 0.1) is 4.90 Å². The van der Waals surface area contributed by atoms with E-state index in [-0.39, 0.29) is 5.82 Å². The van der Waals surface area contributed by atoms with Crippen molar-refractivity contribution in [2.24, 2.45) is 0 Å². The summed E-state index contributed by atoms with van der Waals surface area (Å²) in [6.07, 6.45) is 3.68. The molecule has 1 fully saturated rings. The zero-order valence-corrected chi connectivity index (χ0v) is 15.6. The Morgan fingerprint density at radius 1 is 0.963 bits per heavy atom. The molecule has 27 heavy (non-hydrogen) atoms. The highest BCUT2D eigenvalue weighted by atomic mass is 32.2. The van der Waals surface area contributed by atoms with Crippen molar-refractivity contribution in [1.82, 2.24) is 9.29 Å². The van der Waals surface area contributed by atoms with Gasteiger partial charge in [0, 0.05) is 30.4 Å². The van der Waals surface area contributed by atoms with E-state index in [0.717, 1.165) is 36.4 Å². The molecule has 0 amide bonds. The normalized spacial score (nSPS) is 15.7. The van der Waals surface area contributed by atoms with Crippen molar-refractivity contribution < 1.29 is 8.60 Å². The third kappa shape index (κ3) is 3.63. The number of anilines is 1. The molecule has 2 heterocycles. The van der Waals surface area contributed by atoms with E-state index in [1.54, 1.807) is 24.4 Å². The predicted molar refractivity (Wildman–Crippen MR) is 107 cm³/mol. The first-order valence-corrected chi connectivity index (χ1v) is 10.0. The molecular weight excluding hydrogens is 361 g/mol. The summed E-state index contributed by atoms with van der Waals surface area (Å²) in [5.41, 5.74) is 8.24. The standard InChI is InChI=1S/C21H20FN3OS/c22-19-13-15(7-9-17(19)16-8-10-21(23)24-14-16)18-5-1-2-6-20(18)27(26)25-11-3-4-12-25/h1-2,5-10,13-14H,3-4,11-12H2,(H2,23,24). The SMILES string of the molecule is Nc1ccc(-c2ccc(-c3ccccc3S(=O)N3CCCC3)cc2F)cn1. The molecule has 0 aliphatic carbocycles. The summed E-state index contributed by atoms with van der Waals surface area (Å²) in [7, 11) is -1.23. The zero-order valence-electron chi connectivity index (χ0n) is 14.8. The second-order valence-electron chi connectivity index (χ2n) is 6.55. The molecule has 0 bridgehead atoms. The molecule has 1 aliphatic heterocycles. The molecule has 0 spiro atoms. The van der Waals surface area contributed by atoms with Crippen molar-refractivity contribution >= 4 is 16.8 Å². The van der Waals surface area contributed by atoms with Crippen LogP contribution in [0.2, 0.25) is 0 Å². The summed E-state index contributed by atoms with van der Waals surface area (Å²) in [5, 5.41) is 0. The van der Waals surface area contributed by atoms with Crippen LogP contribution in [-0.4, -0.2) is 26.6 Å². The Kier molecular flexibility index (Phi) is 5.01. The second kappa shape index (κ2) is 7.58. The minimum absolute atomic E-state index is 0.346. The highest BCUT2D eigenvalue weighted by Gasteiger charge is 2.22. The lowest BCUT2D eigenvalue weighted by Crippen LogP contribution is -2.22. The Morgan fingerprint density at radius 2 is 1.70 bits per heavy atom. The van der Waals surface area contributed by atoms with Gasteiger partial charge in [-0.25, -0.2) is 17.9 Å². The summed E-state index contributed by atoms with van der Waals surface area (Å²) in [6.45, 7) is 1.66. The molecule has 6 heteroatoms. The number of nitrogen functional groups attached to an aromatic ring is 1. The lowest BCUT2D eigenvalue weighted by atomic mass is 10.0. The van der Waals surface area contributed by atoms with Crippen LogP contribution in [-0.2, 0) is 11.0 Å². The van der Waals surface area contributed by atoms with E-state index in [1.807, 2.05) is 34.6 Å². The molecule has 138 valence electrons. The molecule has 0 saturated carbocycles. The summed E-state index contributed by atoms with van der Waals surface area (Å²) in [6, 6.07) is 16.0. The van der Waals surface area contributed by atoms with Crippen LogP contribution in [0.5, 0.6) is 0 Å². The first-order valence-electron chi connectivity index (χ1n) is 8.91. The molecule has 3 aromatic rings. The van der Waals surface area contributed by atoms with Gasteiger partial charge in [-0.3, -0.25) is 0 Å². The van der Waals surface area contributed by atoms with E-state index in [1.165, 1.54) is 6.07 Å². The minimum atomic E-state index is -1.23. The first kappa shape index (κ1) is 17.8. The average Bonchev–Trinajstić information content (AvgIpc) is 3.23. The Balaban J connectivity index is 1.71.